The van der Waals surface area contributed by atoms with Crippen LogP contribution in [0.5, 0.6) is 0 Å². The van der Waals surface area contributed by atoms with Crippen molar-refractivity contribution in [1.29, 1.82) is 0 Å². The molecule has 0 saturated heterocycles. The molecule has 2 aliphatic rings. The molecule has 28 heavy (non-hydrogen) atoms. The third-order valence-electron chi connectivity index (χ3n) is 6.98. The van der Waals surface area contributed by atoms with Gasteiger partial charge in [-0.15, -0.1) is 0 Å². The molecule has 0 atom stereocenters. The summed E-state index contributed by atoms with van der Waals surface area (Å²) in [5.41, 5.74) is 22.9. The van der Waals surface area contributed by atoms with Crippen molar-refractivity contribution in [3.05, 3.63) is 0 Å². The maximum Gasteiger partial charge on any atom is 0.217 e. The zero-order chi connectivity index (χ0) is 20.9. The highest BCUT2D eigenvalue weighted by Gasteiger charge is 2.36. The summed E-state index contributed by atoms with van der Waals surface area (Å²) in [7, 11) is 0. The van der Waals surface area contributed by atoms with Crippen molar-refractivity contribution in [2.24, 2.45) is 33.8 Å². The Kier molecular flexibility index (Phi) is 11.7. The van der Waals surface area contributed by atoms with Crippen molar-refractivity contribution in [1.82, 2.24) is 0 Å². The van der Waals surface area contributed by atoms with E-state index in [1.54, 1.807) is 0 Å². The summed E-state index contributed by atoms with van der Waals surface area (Å²) in [6.45, 7) is 1.79. The summed E-state index contributed by atoms with van der Waals surface area (Å²) in [4.78, 5) is 20.3. The lowest BCUT2D eigenvalue weighted by Gasteiger charge is -2.42. The van der Waals surface area contributed by atoms with Crippen molar-refractivity contribution in [2.75, 3.05) is 13.1 Å². The molecule has 164 valence electrons. The minimum Gasteiger partial charge on any atom is -0.370 e. The first kappa shape index (κ1) is 24.9. The Morgan fingerprint density at radius 3 is 1.18 bits per heavy atom. The first-order valence-corrected chi connectivity index (χ1v) is 11.3. The van der Waals surface area contributed by atoms with Crippen LogP contribution in [0.15, 0.2) is 0 Å². The molecule has 2 aliphatic carbocycles. The molecule has 0 aromatic rings. The van der Waals surface area contributed by atoms with Gasteiger partial charge in [0.25, 0.3) is 0 Å². The van der Waals surface area contributed by atoms with Crippen LogP contribution >= 0.6 is 0 Å². The van der Waals surface area contributed by atoms with Crippen LogP contribution in [0.2, 0.25) is 0 Å². The van der Waals surface area contributed by atoms with Crippen molar-refractivity contribution < 1.29 is 9.59 Å². The van der Waals surface area contributed by atoms with E-state index in [-0.39, 0.29) is 11.8 Å². The molecule has 0 radical (unpaired) electrons. The predicted molar refractivity (Wildman–Crippen MR) is 115 cm³/mol. The van der Waals surface area contributed by atoms with Gasteiger partial charge in [0.1, 0.15) is 0 Å². The van der Waals surface area contributed by atoms with Gasteiger partial charge in [-0.05, 0) is 75.3 Å². The van der Waals surface area contributed by atoms with Gasteiger partial charge in [-0.3, -0.25) is 9.59 Å². The van der Waals surface area contributed by atoms with E-state index in [1.807, 2.05) is 0 Å². The molecule has 2 amide bonds. The molecule has 0 aliphatic heterocycles. The second-order valence-electron chi connectivity index (χ2n) is 9.17. The first-order chi connectivity index (χ1) is 13.4. The van der Waals surface area contributed by atoms with Crippen LogP contribution in [-0.2, 0) is 9.59 Å². The van der Waals surface area contributed by atoms with Gasteiger partial charge < -0.3 is 22.9 Å². The minimum atomic E-state index is -0.329. The lowest BCUT2D eigenvalue weighted by atomic mass is 9.64. The Bertz CT molecular complexity index is 413. The van der Waals surface area contributed by atoms with Crippen LogP contribution in [0.3, 0.4) is 0 Å². The van der Waals surface area contributed by atoms with Crippen molar-refractivity contribution in [3.8, 4) is 0 Å². The Labute approximate surface area is 171 Å². The smallest absolute Gasteiger partial charge is 0.217 e. The standard InChI is InChI=1S/C16H32N2.C6H12N2O2/c17-13-15(7-3-1-4-8-15)11-12-16(14-18)9-5-2-6-10-16;7-5(9)3-1-2-4-6(8)10/h1-14,17-18H2;1-4H2,(H2,7,9)(H2,8,10). The predicted octanol–water partition coefficient (Wildman–Crippen LogP) is 3.10. The Hall–Kier alpha value is -1.14. The van der Waals surface area contributed by atoms with Gasteiger partial charge in [-0.2, -0.15) is 0 Å². The molecular weight excluding hydrogens is 352 g/mol. The van der Waals surface area contributed by atoms with E-state index in [2.05, 4.69) is 0 Å². The fourth-order valence-electron chi connectivity index (χ4n) is 4.84. The third kappa shape index (κ3) is 9.37. The summed E-state index contributed by atoms with van der Waals surface area (Å²) in [5.74, 6) is -0.658. The highest BCUT2D eigenvalue weighted by molar-refractivity contribution is 5.74. The van der Waals surface area contributed by atoms with Gasteiger partial charge in [-0.1, -0.05) is 38.5 Å². The maximum absolute atomic E-state index is 10.2. The number of carbonyl (C=O) groups is 2. The second-order valence-corrected chi connectivity index (χ2v) is 9.17. The summed E-state index contributed by atoms with van der Waals surface area (Å²) in [6.07, 6.45) is 18.5. The topological polar surface area (TPSA) is 138 Å². The molecule has 2 saturated carbocycles. The first-order valence-electron chi connectivity index (χ1n) is 11.3. The molecule has 2 rings (SSSR count). The number of amides is 2. The highest BCUT2D eigenvalue weighted by atomic mass is 16.1. The van der Waals surface area contributed by atoms with Crippen LogP contribution in [0, 0.1) is 10.8 Å². The molecule has 6 heteroatoms. The van der Waals surface area contributed by atoms with Crippen molar-refractivity contribution >= 4 is 11.8 Å². The van der Waals surface area contributed by atoms with Crippen LogP contribution in [0.25, 0.3) is 0 Å². The quantitative estimate of drug-likeness (QED) is 0.421. The van der Waals surface area contributed by atoms with E-state index >= 15 is 0 Å². The van der Waals surface area contributed by atoms with Crippen LogP contribution in [0.4, 0.5) is 0 Å². The van der Waals surface area contributed by atoms with E-state index in [0.29, 0.717) is 36.5 Å². The average Bonchev–Trinajstić information content (AvgIpc) is 2.71. The maximum atomic E-state index is 10.2. The third-order valence-corrected chi connectivity index (χ3v) is 6.98. The summed E-state index contributed by atoms with van der Waals surface area (Å²) in [6, 6.07) is 0. The number of carbonyl (C=O) groups excluding carboxylic acids is 2. The number of rotatable bonds is 10. The Balaban J connectivity index is 0.000000336. The van der Waals surface area contributed by atoms with E-state index in [4.69, 9.17) is 22.9 Å². The molecule has 0 heterocycles. The normalized spacial score (nSPS) is 20.6. The lowest BCUT2D eigenvalue weighted by Crippen LogP contribution is -2.38. The molecule has 0 spiro atoms. The Morgan fingerprint density at radius 2 is 0.929 bits per heavy atom. The fourth-order valence-corrected chi connectivity index (χ4v) is 4.84. The second kappa shape index (κ2) is 13.2. The zero-order valence-electron chi connectivity index (χ0n) is 17.9. The number of nitrogens with two attached hydrogens (primary N) is 4. The van der Waals surface area contributed by atoms with Crippen molar-refractivity contribution in [2.45, 2.75) is 103 Å². The molecule has 0 aromatic carbocycles. The van der Waals surface area contributed by atoms with Crippen LogP contribution in [0.1, 0.15) is 103 Å². The van der Waals surface area contributed by atoms with Crippen LogP contribution < -0.4 is 22.9 Å². The van der Waals surface area contributed by atoms with E-state index < -0.39 is 0 Å². The molecule has 0 aromatic heterocycles. The monoisotopic (exact) mass is 396 g/mol. The summed E-state index contributed by atoms with van der Waals surface area (Å²) in [5, 5.41) is 0. The van der Waals surface area contributed by atoms with Crippen molar-refractivity contribution in [3.63, 3.8) is 0 Å². The molecular formula is C22H44N4O2. The number of hydrogen-bond donors (Lipinski definition) is 4. The highest BCUT2D eigenvalue weighted by Crippen LogP contribution is 2.46. The molecule has 6 nitrogen and oxygen atoms in total. The van der Waals surface area contributed by atoms with E-state index in [1.165, 1.54) is 77.0 Å². The molecule has 8 N–H and O–H groups in total. The fraction of sp³-hybridized carbons (Fsp3) is 0.909. The van der Waals surface area contributed by atoms with Gasteiger partial charge in [0.05, 0.1) is 0 Å². The minimum absolute atomic E-state index is 0.329. The zero-order valence-corrected chi connectivity index (χ0v) is 17.9. The number of unbranched alkanes of at least 4 members (excludes halogenated alkanes) is 1. The average molecular weight is 397 g/mol. The molecule has 0 bridgehead atoms. The number of hydrogen-bond acceptors (Lipinski definition) is 4. The van der Waals surface area contributed by atoms with Gasteiger partial charge in [0, 0.05) is 12.8 Å². The Morgan fingerprint density at radius 1 is 0.607 bits per heavy atom. The summed E-state index contributed by atoms with van der Waals surface area (Å²) < 4.78 is 0. The summed E-state index contributed by atoms with van der Waals surface area (Å²) >= 11 is 0. The number of primary amides is 2. The lowest BCUT2D eigenvalue weighted by molar-refractivity contribution is -0.119. The van der Waals surface area contributed by atoms with Gasteiger partial charge in [-0.25, -0.2) is 0 Å². The van der Waals surface area contributed by atoms with Gasteiger partial charge in [0.2, 0.25) is 11.8 Å². The largest absolute Gasteiger partial charge is 0.370 e. The molecule has 0 unspecified atom stereocenters. The van der Waals surface area contributed by atoms with Crippen LogP contribution in [-0.4, -0.2) is 24.9 Å². The molecule has 2 fully saturated rings. The van der Waals surface area contributed by atoms with E-state index in [9.17, 15) is 9.59 Å². The van der Waals surface area contributed by atoms with Gasteiger partial charge >= 0.3 is 0 Å². The van der Waals surface area contributed by atoms with E-state index in [0.717, 1.165) is 13.1 Å². The van der Waals surface area contributed by atoms with Gasteiger partial charge in [0.15, 0.2) is 0 Å². The SMILES string of the molecule is NC(=O)CCCCC(N)=O.NCC1(CCC2(CN)CCCCC2)CCCCC1.